The Morgan fingerprint density at radius 3 is 2.81 bits per heavy atom. The summed E-state index contributed by atoms with van der Waals surface area (Å²) in [6.07, 6.45) is 1.61. The van der Waals surface area contributed by atoms with Gasteiger partial charge in [-0.2, -0.15) is 0 Å². The molecule has 0 bridgehead atoms. The number of methoxy groups -OCH3 is 1. The molecule has 3 rings (SSSR count). The fraction of sp³-hybridized carbons (Fsp3) is 0.333. The normalized spacial score (nSPS) is 21.0. The molecule has 0 amide bonds. The maximum Gasteiger partial charge on any atom is 0.174 e. The van der Waals surface area contributed by atoms with Crippen LogP contribution in [-0.2, 0) is 11.8 Å². The second kappa shape index (κ2) is 4.99. The second-order valence-electron chi connectivity index (χ2n) is 5.84. The molecule has 0 radical (unpaired) electrons. The summed E-state index contributed by atoms with van der Waals surface area (Å²) in [6, 6.07) is 11.6. The number of aryl methyl sites for hydroxylation is 2. The summed E-state index contributed by atoms with van der Waals surface area (Å²) >= 11 is 0. The van der Waals surface area contributed by atoms with Gasteiger partial charge in [-0.25, -0.2) is 0 Å². The Bertz CT molecular complexity index is 708. The number of rotatable bonds is 2. The van der Waals surface area contributed by atoms with Crippen molar-refractivity contribution in [3.05, 3.63) is 58.9 Å². The van der Waals surface area contributed by atoms with E-state index in [1.165, 1.54) is 0 Å². The first-order valence-corrected chi connectivity index (χ1v) is 7.20. The van der Waals surface area contributed by atoms with E-state index >= 15 is 0 Å². The minimum atomic E-state index is -0.502. The molecule has 1 aliphatic carbocycles. The molecule has 1 heterocycles. The predicted octanol–water partition coefficient (Wildman–Crippen LogP) is 3.49. The van der Waals surface area contributed by atoms with Gasteiger partial charge in [-0.15, -0.1) is 0 Å². The molecule has 3 nitrogen and oxygen atoms in total. The molecule has 21 heavy (non-hydrogen) atoms. The van der Waals surface area contributed by atoms with E-state index < -0.39 is 5.41 Å². The van der Waals surface area contributed by atoms with Crippen LogP contribution in [0, 0.1) is 6.92 Å². The highest BCUT2D eigenvalue weighted by atomic mass is 16.5. The molecule has 1 aromatic carbocycles. The average molecular weight is 281 g/mol. The van der Waals surface area contributed by atoms with Crippen molar-refractivity contribution in [2.24, 2.45) is 0 Å². The van der Waals surface area contributed by atoms with Gasteiger partial charge in [-0.3, -0.25) is 9.78 Å². The van der Waals surface area contributed by atoms with Gasteiger partial charge in [-0.05, 0) is 56.5 Å². The number of hydrogen-bond donors (Lipinski definition) is 0. The van der Waals surface area contributed by atoms with Crippen molar-refractivity contribution in [3.63, 3.8) is 0 Å². The number of nitrogens with zero attached hydrogens (tertiary/aromatic N) is 1. The van der Waals surface area contributed by atoms with Crippen LogP contribution in [0.3, 0.4) is 0 Å². The van der Waals surface area contributed by atoms with E-state index in [1.807, 2.05) is 50.2 Å². The summed E-state index contributed by atoms with van der Waals surface area (Å²) in [4.78, 5) is 17.5. The van der Waals surface area contributed by atoms with E-state index in [4.69, 9.17) is 4.74 Å². The van der Waals surface area contributed by atoms with E-state index in [0.29, 0.717) is 0 Å². The lowest BCUT2D eigenvalue weighted by molar-refractivity contribution is 0.0874. The summed E-state index contributed by atoms with van der Waals surface area (Å²) in [5.74, 6) is 0.943. The zero-order valence-corrected chi connectivity index (χ0v) is 12.6. The summed E-state index contributed by atoms with van der Waals surface area (Å²) in [5, 5.41) is 0. The Morgan fingerprint density at radius 2 is 2.05 bits per heavy atom. The maximum absolute atomic E-state index is 13.0. The Labute approximate surface area is 125 Å². The van der Waals surface area contributed by atoms with Crippen LogP contribution < -0.4 is 4.74 Å². The molecule has 1 unspecified atom stereocenters. The van der Waals surface area contributed by atoms with Gasteiger partial charge in [0.05, 0.1) is 18.2 Å². The van der Waals surface area contributed by atoms with Gasteiger partial charge in [0.2, 0.25) is 0 Å². The third-order valence-electron chi connectivity index (χ3n) is 4.43. The minimum Gasteiger partial charge on any atom is -0.497 e. The third kappa shape index (κ3) is 2.23. The molecule has 108 valence electrons. The van der Waals surface area contributed by atoms with Crippen molar-refractivity contribution in [1.29, 1.82) is 0 Å². The molecule has 0 saturated carbocycles. The van der Waals surface area contributed by atoms with Gasteiger partial charge >= 0.3 is 0 Å². The summed E-state index contributed by atoms with van der Waals surface area (Å²) in [5.41, 5.74) is 3.17. The third-order valence-corrected chi connectivity index (χ3v) is 4.43. The van der Waals surface area contributed by atoms with Gasteiger partial charge in [0.1, 0.15) is 5.75 Å². The van der Waals surface area contributed by atoms with E-state index in [2.05, 4.69) is 4.98 Å². The molecular weight excluding hydrogens is 262 g/mol. The quantitative estimate of drug-likeness (QED) is 0.846. The van der Waals surface area contributed by atoms with Gasteiger partial charge in [0, 0.05) is 11.3 Å². The van der Waals surface area contributed by atoms with Crippen LogP contribution in [0.4, 0.5) is 0 Å². The molecule has 0 N–H and O–H groups in total. The van der Waals surface area contributed by atoms with Crippen LogP contribution >= 0.6 is 0 Å². The first kappa shape index (κ1) is 13.8. The first-order chi connectivity index (χ1) is 10.0. The van der Waals surface area contributed by atoms with Gasteiger partial charge in [-0.1, -0.05) is 12.1 Å². The van der Waals surface area contributed by atoms with Crippen molar-refractivity contribution in [2.45, 2.75) is 32.1 Å². The number of aromatic nitrogens is 1. The number of benzene rings is 1. The molecule has 1 atom stereocenters. The zero-order valence-electron chi connectivity index (χ0n) is 12.6. The fourth-order valence-corrected chi connectivity index (χ4v) is 3.03. The van der Waals surface area contributed by atoms with Crippen LogP contribution in [0.1, 0.15) is 40.7 Å². The lowest BCUT2D eigenvalue weighted by atomic mass is 9.69. The summed E-state index contributed by atoms with van der Waals surface area (Å²) < 4.78 is 5.29. The molecule has 0 spiro atoms. The van der Waals surface area contributed by atoms with Crippen molar-refractivity contribution in [2.75, 3.05) is 7.11 Å². The van der Waals surface area contributed by atoms with Crippen LogP contribution in [0.25, 0.3) is 0 Å². The molecule has 1 aromatic heterocycles. The van der Waals surface area contributed by atoms with Crippen LogP contribution in [-0.4, -0.2) is 17.9 Å². The Morgan fingerprint density at radius 1 is 1.24 bits per heavy atom. The molecule has 0 saturated heterocycles. The molecule has 0 aliphatic heterocycles. The largest absolute Gasteiger partial charge is 0.497 e. The predicted molar refractivity (Wildman–Crippen MR) is 82.0 cm³/mol. The average Bonchev–Trinajstić information content (AvgIpc) is 2.51. The summed E-state index contributed by atoms with van der Waals surface area (Å²) in [7, 11) is 1.64. The van der Waals surface area contributed by atoms with Gasteiger partial charge in [0.15, 0.2) is 5.78 Å². The highest BCUT2D eigenvalue weighted by molar-refractivity contribution is 6.05. The summed E-state index contributed by atoms with van der Waals surface area (Å²) in [6.45, 7) is 3.98. The van der Waals surface area contributed by atoms with Crippen molar-refractivity contribution < 1.29 is 9.53 Å². The highest BCUT2D eigenvalue weighted by Crippen LogP contribution is 2.38. The molecule has 1 aliphatic rings. The Kier molecular flexibility index (Phi) is 3.28. The molecule has 2 aromatic rings. The van der Waals surface area contributed by atoms with Crippen LogP contribution in [0.15, 0.2) is 36.4 Å². The van der Waals surface area contributed by atoms with E-state index in [-0.39, 0.29) is 5.78 Å². The van der Waals surface area contributed by atoms with Crippen LogP contribution in [0.5, 0.6) is 5.75 Å². The van der Waals surface area contributed by atoms with E-state index in [1.54, 1.807) is 7.11 Å². The number of carbonyl (C=O) groups excluding carboxylic acids is 1. The number of pyridine rings is 1. The molecule has 0 fully saturated rings. The SMILES string of the molecule is COc1cccc(C2(C)CCc3nc(C)ccc3C2=O)c1. The number of carbonyl (C=O) groups is 1. The van der Waals surface area contributed by atoms with Crippen molar-refractivity contribution >= 4 is 5.78 Å². The van der Waals surface area contributed by atoms with Crippen molar-refractivity contribution in [1.82, 2.24) is 4.98 Å². The Hall–Kier alpha value is -2.16. The molecule has 3 heteroatoms. The number of fused-ring (bicyclic) bond motifs is 1. The number of Topliss-reactive ketones (excluding diaryl/α,β-unsaturated/α-hetero) is 1. The van der Waals surface area contributed by atoms with Crippen LogP contribution in [0.2, 0.25) is 0 Å². The standard InChI is InChI=1S/C18H19NO2/c1-12-7-8-15-16(19-12)9-10-18(2,17(15)20)13-5-4-6-14(11-13)21-3/h4-8,11H,9-10H2,1-3H3. The fourth-order valence-electron chi connectivity index (χ4n) is 3.03. The maximum atomic E-state index is 13.0. The number of ether oxygens (including phenoxy) is 1. The lowest BCUT2D eigenvalue weighted by Gasteiger charge is -2.33. The monoisotopic (exact) mass is 281 g/mol. The van der Waals surface area contributed by atoms with E-state index in [9.17, 15) is 4.79 Å². The highest BCUT2D eigenvalue weighted by Gasteiger charge is 2.40. The number of hydrogen-bond acceptors (Lipinski definition) is 3. The number of ketones is 1. The second-order valence-corrected chi connectivity index (χ2v) is 5.84. The minimum absolute atomic E-state index is 0.157. The van der Waals surface area contributed by atoms with E-state index in [0.717, 1.165) is 41.1 Å². The Balaban J connectivity index is 2.06. The lowest BCUT2D eigenvalue weighted by Crippen LogP contribution is -2.37. The van der Waals surface area contributed by atoms with Gasteiger partial charge < -0.3 is 4.74 Å². The smallest absolute Gasteiger partial charge is 0.174 e. The topological polar surface area (TPSA) is 39.2 Å². The van der Waals surface area contributed by atoms with Crippen molar-refractivity contribution in [3.8, 4) is 5.75 Å². The zero-order chi connectivity index (χ0) is 15.0. The first-order valence-electron chi connectivity index (χ1n) is 7.20. The van der Waals surface area contributed by atoms with Gasteiger partial charge in [0.25, 0.3) is 0 Å². The molecular formula is C18H19NO2.